The van der Waals surface area contributed by atoms with Crippen LogP contribution < -0.4 is 15.0 Å². The van der Waals surface area contributed by atoms with Crippen LogP contribution in [0.4, 0.5) is 15.8 Å². The van der Waals surface area contributed by atoms with Crippen molar-refractivity contribution in [2.24, 2.45) is 0 Å². The minimum Gasteiger partial charge on any atom is -0.474 e. The fraction of sp³-hybridized carbons (Fsp3) is 0.292. The van der Waals surface area contributed by atoms with Crippen LogP contribution in [0.3, 0.4) is 0 Å². The molecule has 0 bridgehead atoms. The van der Waals surface area contributed by atoms with E-state index in [1.54, 1.807) is 12.3 Å². The van der Waals surface area contributed by atoms with Crippen molar-refractivity contribution in [3.05, 3.63) is 65.9 Å². The van der Waals surface area contributed by atoms with E-state index < -0.39 is 11.9 Å². The van der Waals surface area contributed by atoms with Crippen LogP contribution in [0.2, 0.25) is 0 Å². The highest BCUT2D eigenvalue weighted by Gasteiger charge is 2.19. The van der Waals surface area contributed by atoms with Crippen LogP contribution in [0.15, 0.2) is 48.8 Å². The second kappa shape index (κ2) is 10.4. The van der Waals surface area contributed by atoms with Gasteiger partial charge in [-0.2, -0.15) is 4.39 Å². The molecule has 33 heavy (non-hydrogen) atoms. The highest BCUT2D eigenvalue weighted by molar-refractivity contribution is 6.04. The van der Waals surface area contributed by atoms with Crippen molar-refractivity contribution in [2.45, 2.75) is 6.92 Å². The average molecular weight is 452 g/mol. The Morgan fingerprint density at radius 3 is 2.79 bits per heavy atom. The zero-order valence-electron chi connectivity index (χ0n) is 18.3. The minimum atomic E-state index is -0.711. The van der Waals surface area contributed by atoms with Gasteiger partial charge in [-0.25, -0.2) is 9.97 Å². The van der Waals surface area contributed by atoms with E-state index in [9.17, 15) is 9.18 Å². The third kappa shape index (κ3) is 5.44. The fourth-order valence-electron chi connectivity index (χ4n) is 3.63. The number of hydrogen-bond acceptors (Lipinski definition) is 7. The predicted octanol–water partition coefficient (Wildman–Crippen LogP) is 3.05. The maximum atomic E-state index is 13.4. The molecule has 4 rings (SSSR count). The molecule has 3 aromatic rings. The highest BCUT2D eigenvalue weighted by Crippen LogP contribution is 2.34. The van der Waals surface area contributed by atoms with E-state index in [4.69, 9.17) is 14.6 Å². The van der Waals surface area contributed by atoms with Crippen LogP contribution >= 0.6 is 0 Å². The quantitative estimate of drug-likeness (QED) is 0.532. The van der Waals surface area contributed by atoms with Crippen LogP contribution in [-0.4, -0.2) is 60.5 Å². The first-order chi connectivity index (χ1) is 16.0. The summed E-state index contributed by atoms with van der Waals surface area (Å²) in [6, 6.07) is 10.1. The van der Waals surface area contributed by atoms with E-state index in [0.29, 0.717) is 37.9 Å². The molecule has 1 saturated heterocycles. The van der Waals surface area contributed by atoms with Crippen molar-refractivity contribution in [1.82, 2.24) is 9.97 Å². The van der Waals surface area contributed by atoms with E-state index in [2.05, 4.69) is 20.2 Å². The number of nitrogens with one attached hydrogen (secondary N) is 1. The number of aryl methyl sites for hydroxylation is 1. The summed E-state index contributed by atoms with van der Waals surface area (Å²) in [4.78, 5) is 22.7. The summed E-state index contributed by atoms with van der Waals surface area (Å²) < 4.78 is 24.5. The molecule has 1 aliphatic rings. The van der Waals surface area contributed by atoms with Crippen LogP contribution in [0.1, 0.15) is 15.9 Å². The molecular weight excluding hydrogens is 427 g/mol. The number of pyridine rings is 2. The number of amides is 1. The molecule has 172 valence electrons. The Morgan fingerprint density at radius 2 is 2.03 bits per heavy atom. The number of aromatic nitrogens is 2. The number of nitrogens with zero attached hydrogens (tertiary/aromatic N) is 3. The minimum absolute atomic E-state index is 0.103. The Balaban J connectivity index is 1.64. The summed E-state index contributed by atoms with van der Waals surface area (Å²) in [6.07, 6.45) is 2.97. The first-order valence-corrected chi connectivity index (χ1v) is 10.7. The number of hydrogen-bond donors (Lipinski definition) is 2. The zero-order chi connectivity index (χ0) is 23.2. The number of benzene rings is 1. The number of aliphatic hydroxyl groups excluding tert-OH is 1. The van der Waals surface area contributed by atoms with Crippen LogP contribution in [0, 0.1) is 12.9 Å². The Labute approximate surface area is 191 Å². The van der Waals surface area contributed by atoms with Gasteiger partial charge in [0, 0.05) is 48.4 Å². The molecule has 0 saturated carbocycles. The molecule has 1 aromatic carbocycles. The monoisotopic (exact) mass is 452 g/mol. The Kier molecular flexibility index (Phi) is 7.11. The van der Waals surface area contributed by atoms with E-state index in [-0.39, 0.29) is 18.8 Å². The van der Waals surface area contributed by atoms with Crippen LogP contribution in [-0.2, 0) is 4.74 Å². The fourth-order valence-corrected chi connectivity index (χ4v) is 3.63. The molecule has 8 nitrogen and oxygen atoms in total. The zero-order valence-corrected chi connectivity index (χ0v) is 18.3. The van der Waals surface area contributed by atoms with Gasteiger partial charge in [0.05, 0.1) is 19.8 Å². The van der Waals surface area contributed by atoms with Gasteiger partial charge in [-0.3, -0.25) is 4.79 Å². The third-order valence-corrected chi connectivity index (χ3v) is 5.31. The molecule has 2 N–H and O–H groups in total. The van der Waals surface area contributed by atoms with E-state index in [1.165, 1.54) is 12.3 Å². The number of aliphatic hydroxyl groups is 1. The number of halogens is 1. The third-order valence-electron chi connectivity index (χ3n) is 5.31. The van der Waals surface area contributed by atoms with Gasteiger partial charge in [0.25, 0.3) is 5.91 Å². The normalized spacial score (nSPS) is 13.6. The first-order valence-electron chi connectivity index (χ1n) is 10.7. The summed E-state index contributed by atoms with van der Waals surface area (Å²) in [6.45, 7) is 4.66. The van der Waals surface area contributed by atoms with Gasteiger partial charge in [-0.05, 0) is 42.3 Å². The van der Waals surface area contributed by atoms with Gasteiger partial charge in [-0.1, -0.05) is 6.07 Å². The molecule has 1 amide bonds. The average Bonchev–Trinajstić information content (AvgIpc) is 2.84. The Hall–Kier alpha value is -3.56. The van der Waals surface area contributed by atoms with Crippen molar-refractivity contribution >= 4 is 17.3 Å². The van der Waals surface area contributed by atoms with E-state index in [0.717, 1.165) is 28.4 Å². The molecule has 9 heteroatoms. The second-order valence-electron chi connectivity index (χ2n) is 7.57. The molecule has 0 radical (unpaired) electrons. The van der Waals surface area contributed by atoms with Crippen molar-refractivity contribution in [3.63, 3.8) is 0 Å². The molecular formula is C24H25FN4O4. The number of carbonyl (C=O) groups is 1. The lowest BCUT2D eigenvalue weighted by atomic mass is 10.0. The molecule has 3 heterocycles. The lowest BCUT2D eigenvalue weighted by molar-refractivity contribution is 0.102. The summed E-state index contributed by atoms with van der Waals surface area (Å²) in [5, 5.41) is 12.0. The van der Waals surface area contributed by atoms with Crippen LogP contribution in [0.5, 0.6) is 5.88 Å². The molecule has 0 atom stereocenters. The van der Waals surface area contributed by atoms with Gasteiger partial charge in [0.15, 0.2) is 0 Å². The van der Waals surface area contributed by atoms with Crippen LogP contribution in [0.25, 0.3) is 11.1 Å². The van der Waals surface area contributed by atoms with Gasteiger partial charge in [0.1, 0.15) is 12.3 Å². The van der Waals surface area contributed by atoms with Gasteiger partial charge in [-0.15, -0.1) is 0 Å². The predicted molar refractivity (Wildman–Crippen MR) is 122 cm³/mol. The lowest BCUT2D eigenvalue weighted by Crippen LogP contribution is -2.36. The van der Waals surface area contributed by atoms with Gasteiger partial charge >= 0.3 is 0 Å². The maximum absolute atomic E-state index is 13.4. The second-order valence-corrected chi connectivity index (χ2v) is 7.57. The summed E-state index contributed by atoms with van der Waals surface area (Å²) in [5.74, 6) is -0.681. The highest BCUT2D eigenvalue weighted by atomic mass is 19.1. The summed E-state index contributed by atoms with van der Waals surface area (Å²) in [5.41, 5.74) is 4.34. The van der Waals surface area contributed by atoms with E-state index >= 15 is 0 Å². The smallest absolute Gasteiger partial charge is 0.255 e. The number of anilines is 2. The molecule has 2 aromatic heterocycles. The number of carbonyl (C=O) groups excluding carboxylic acids is 1. The van der Waals surface area contributed by atoms with Crippen molar-refractivity contribution in [3.8, 4) is 17.0 Å². The number of rotatable bonds is 7. The molecule has 0 aliphatic carbocycles. The van der Waals surface area contributed by atoms with E-state index in [1.807, 2.05) is 25.1 Å². The standard InChI is InChI=1S/C24H25FN4O4/c1-16-2-3-19(28-23(31)17-4-5-26-22(25)13-17)14-20(16)18-12-21(29-6-9-32-10-7-29)24(27-15-18)33-11-8-30/h2-5,12-15,30H,6-11H2,1H3,(H,28,31). The molecule has 0 unspecified atom stereocenters. The molecule has 1 aliphatic heterocycles. The SMILES string of the molecule is Cc1ccc(NC(=O)c2ccnc(F)c2)cc1-c1cnc(OCCO)c(N2CCOCC2)c1. The lowest BCUT2D eigenvalue weighted by Gasteiger charge is -2.30. The Morgan fingerprint density at radius 1 is 1.21 bits per heavy atom. The maximum Gasteiger partial charge on any atom is 0.255 e. The van der Waals surface area contributed by atoms with Gasteiger partial charge in [0.2, 0.25) is 11.8 Å². The largest absolute Gasteiger partial charge is 0.474 e. The number of ether oxygens (including phenoxy) is 2. The summed E-state index contributed by atoms with van der Waals surface area (Å²) >= 11 is 0. The molecule has 1 fully saturated rings. The van der Waals surface area contributed by atoms with Crippen molar-refractivity contribution in [2.75, 3.05) is 49.7 Å². The molecule has 0 spiro atoms. The van der Waals surface area contributed by atoms with Crippen molar-refractivity contribution in [1.29, 1.82) is 0 Å². The Bertz CT molecular complexity index is 1140. The van der Waals surface area contributed by atoms with Gasteiger partial charge < -0.3 is 24.8 Å². The first kappa shape index (κ1) is 22.6. The number of morpholine rings is 1. The summed E-state index contributed by atoms with van der Waals surface area (Å²) in [7, 11) is 0. The topological polar surface area (TPSA) is 96.8 Å². The van der Waals surface area contributed by atoms with Crippen molar-refractivity contribution < 1.29 is 23.8 Å².